The van der Waals surface area contributed by atoms with Gasteiger partial charge < -0.3 is 10.2 Å². The lowest BCUT2D eigenvalue weighted by molar-refractivity contribution is 0.632. The standard InChI is InChI=1S/C14H9Cl2NO/c15-11-3-1-2-8-6-13(18-14(8)11)10-5-4-9(17)7-12(10)16/h1-7H,17H2. The Bertz CT molecular complexity index is 734. The number of nitrogen functional groups attached to an aromatic ring is 1. The molecule has 0 fully saturated rings. The third-order valence-corrected chi connectivity index (χ3v) is 3.36. The molecule has 2 aromatic carbocycles. The van der Waals surface area contributed by atoms with Gasteiger partial charge in [0.25, 0.3) is 0 Å². The first kappa shape index (κ1) is 11.5. The van der Waals surface area contributed by atoms with Crippen molar-refractivity contribution in [2.24, 2.45) is 0 Å². The fraction of sp³-hybridized carbons (Fsp3) is 0. The molecule has 1 aromatic heterocycles. The predicted molar refractivity (Wildman–Crippen MR) is 76.1 cm³/mol. The summed E-state index contributed by atoms with van der Waals surface area (Å²) in [4.78, 5) is 0. The maximum absolute atomic E-state index is 6.16. The topological polar surface area (TPSA) is 39.2 Å². The lowest BCUT2D eigenvalue weighted by Gasteiger charge is -2.01. The van der Waals surface area contributed by atoms with E-state index in [1.54, 1.807) is 18.2 Å². The number of nitrogens with two attached hydrogens (primary N) is 1. The summed E-state index contributed by atoms with van der Waals surface area (Å²) < 4.78 is 5.75. The first-order valence-electron chi connectivity index (χ1n) is 5.38. The summed E-state index contributed by atoms with van der Waals surface area (Å²) >= 11 is 12.2. The Labute approximate surface area is 114 Å². The van der Waals surface area contributed by atoms with Crippen LogP contribution in [0.15, 0.2) is 46.9 Å². The van der Waals surface area contributed by atoms with Crippen LogP contribution in [-0.4, -0.2) is 0 Å². The van der Waals surface area contributed by atoms with Crippen molar-refractivity contribution in [1.82, 2.24) is 0 Å². The van der Waals surface area contributed by atoms with E-state index in [0.29, 0.717) is 27.1 Å². The number of rotatable bonds is 1. The zero-order chi connectivity index (χ0) is 12.7. The van der Waals surface area contributed by atoms with Crippen LogP contribution in [0.2, 0.25) is 10.0 Å². The second-order valence-corrected chi connectivity index (χ2v) is 4.82. The number of hydrogen-bond acceptors (Lipinski definition) is 2. The minimum atomic E-state index is 0.560. The maximum Gasteiger partial charge on any atom is 0.153 e. The molecule has 0 saturated heterocycles. The molecule has 1 heterocycles. The van der Waals surface area contributed by atoms with E-state index in [4.69, 9.17) is 33.4 Å². The number of anilines is 1. The molecule has 0 unspecified atom stereocenters. The molecule has 0 saturated carbocycles. The number of fused-ring (bicyclic) bond motifs is 1. The highest BCUT2D eigenvalue weighted by Crippen LogP contribution is 2.35. The summed E-state index contributed by atoms with van der Waals surface area (Å²) in [6.07, 6.45) is 0. The Morgan fingerprint density at radius 2 is 1.78 bits per heavy atom. The lowest BCUT2D eigenvalue weighted by atomic mass is 10.1. The molecule has 3 aromatic rings. The quantitative estimate of drug-likeness (QED) is 0.637. The highest BCUT2D eigenvalue weighted by Gasteiger charge is 2.11. The van der Waals surface area contributed by atoms with E-state index in [2.05, 4.69) is 0 Å². The van der Waals surface area contributed by atoms with Crippen molar-refractivity contribution < 1.29 is 4.42 Å². The van der Waals surface area contributed by atoms with Crippen molar-refractivity contribution in [1.29, 1.82) is 0 Å². The molecule has 3 rings (SSSR count). The summed E-state index contributed by atoms with van der Waals surface area (Å²) in [6, 6.07) is 12.9. The summed E-state index contributed by atoms with van der Waals surface area (Å²) in [6.45, 7) is 0. The fourth-order valence-electron chi connectivity index (χ4n) is 1.89. The highest BCUT2D eigenvalue weighted by molar-refractivity contribution is 6.35. The maximum atomic E-state index is 6.16. The van der Waals surface area contributed by atoms with E-state index in [0.717, 1.165) is 10.9 Å². The van der Waals surface area contributed by atoms with Gasteiger partial charge in [0.2, 0.25) is 0 Å². The first-order chi connectivity index (χ1) is 8.65. The van der Waals surface area contributed by atoms with Crippen LogP contribution < -0.4 is 5.73 Å². The second-order valence-electron chi connectivity index (χ2n) is 4.01. The van der Waals surface area contributed by atoms with Crippen LogP contribution in [0, 0.1) is 0 Å². The predicted octanol–water partition coefficient (Wildman–Crippen LogP) is 4.99. The summed E-state index contributed by atoms with van der Waals surface area (Å²) in [5.74, 6) is 0.683. The first-order valence-corrected chi connectivity index (χ1v) is 6.14. The summed E-state index contributed by atoms with van der Waals surface area (Å²) in [7, 11) is 0. The smallest absolute Gasteiger partial charge is 0.153 e. The van der Waals surface area contributed by atoms with Gasteiger partial charge in [-0.3, -0.25) is 0 Å². The third-order valence-electron chi connectivity index (χ3n) is 2.75. The average molecular weight is 278 g/mol. The molecule has 0 aliphatic rings. The number of halogens is 2. The normalized spacial score (nSPS) is 11.0. The third kappa shape index (κ3) is 1.84. The van der Waals surface area contributed by atoms with Gasteiger partial charge in [0.1, 0.15) is 5.76 Å². The van der Waals surface area contributed by atoms with Gasteiger partial charge in [-0.1, -0.05) is 35.3 Å². The van der Waals surface area contributed by atoms with E-state index in [9.17, 15) is 0 Å². The summed E-state index contributed by atoms with van der Waals surface area (Å²) in [5, 5.41) is 2.10. The second kappa shape index (κ2) is 4.23. The van der Waals surface area contributed by atoms with Gasteiger partial charge in [0.15, 0.2) is 5.58 Å². The molecule has 4 heteroatoms. The molecule has 0 bridgehead atoms. The largest absolute Gasteiger partial charge is 0.454 e. The van der Waals surface area contributed by atoms with Gasteiger partial charge in [0.05, 0.1) is 10.0 Å². The number of furan rings is 1. The van der Waals surface area contributed by atoms with Gasteiger partial charge in [-0.2, -0.15) is 0 Å². The molecule has 0 atom stereocenters. The van der Waals surface area contributed by atoms with Crippen LogP contribution in [0.25, 0.3) is 22.3 Å². The Kier molecular flexibility index (Phi) is 2.69. The highest BCUT2D eigenvalue weighted by atomic mass is 35.5. The van der Waals surface area contributed by atoms with Crippen LogP contribution in [0.5, 0.6) is 0 Å². The van der Waals surface area contributed by atoms with Crippen LogP contribution >= 0.6 is 23.2 Å². The van der Waals surface area contributed by atoms with E-state index in [1.165, 1.54) is 0 Å². The average Bonchev–Trinajstić information content (AvgIpc) is 2.74. The van der Waals surface area contributed by atoms with Gasteiger partial charge in [-0.25, -0.2) is 0 Å². The monoisotopic (exact) mass is 277 g/mol. The van der Waals surface area contributed by atoms with Gasteiger partial charge in [0, 0.05) is 16.6 Å². The van der Waals surface area contributed by atoms with E-state index >= 15 is 0 Å². The molecule has 18 heavy (non-hydrogen) atoms. The lowest BCUT2D eigenvalue weighted by Crippen LogP contribution is -1.84. The number of hydrogen-bond donors (Lipinski definition) is 1. The van der Waals surface area contributed by atoms with E-state index in [1.807, 2.05) is 24.3 Å². The van der Waals surface area contributed by atoms with Crippen molar-refractivity contribution in [3.63, 3.8) is 0 Å². The molecule has 2 nitrogen and oxygen atoms in total. The Balaban J connectivity index is 2.23. The SMILES string of the molecule is Nc1ccc(-c2cc3cccc(Cl)c3o2)c(Cl)c1. The van der Waals surface area contributed by atoms with Crippen LogP contribution in [0.1, 0.15) is 0 Å². The summed E-state index contributed by atoms with van der Waals surface area (Å²) in [5.41, 5.74) is 7.76. The van der Waals surface area contributed by atoms with Gasteiger partial charge >= 0.3 is 0 Å². The molecule has 0 aliphatic heterocycles. The minimum absolute atomic E-state index is 0.560. The molecule has 0 aliphatic carbocycles. The number of para-hydroxylation sites is 1. The Morgan fingerprint density at radius 3 is 2.50 bits per heavy atom. The van der Waals surface area contributed by atoms with Crippen molar-refractivity contribution in [2.75, 3.05) is 5.73 Å². The van der Waals surface area contributed by atoms with Crippen molar-refractivity contribution in [3.8, 4) is 11.3 Å². The van der Waals surface area contributed by atoms with Crippen molar-refractivity contribution in [3.05, 3.63) is 52.5 Å². The zero-order valence-corrected chi connectivity index (χ0v) is 10.8. The Hall–Kier alpha value is -1.64. The number of benzene rings is 2. The molecule has 0 spiro atoms. The van der Waals surface area contributed by atoms with Gasteiger partial charge in [-0.05, 0) is 30.3 Å². The Morgan fingerprint density at radius 1 is 0.944 bits per heavy atom. The zero-order valence-electron chi connectivity index (χ0n) is 9.28. The fourth-order valence-corrected chi connectivity index (χ4v) is 2.39. The molecular formula is C14H9Cl2NO. The van der Waals surface area contributed by atoms with Crippen LogP contribution in [0.3, 0.4) is 0 Å². The molecule has 0 amide bonds. The molecule has 0 radical (unpaired) electrons. The van der Waals surface area contributed by atoms with E-state index < -0.39 is 0 Å². The van der Waals surface area contributed by atoms with Gasteiger partial charge in [-0.15, -0.1) is 0 Å². The van der Waals surface area contributed by atoms with Crippen LogP contribution in [-0.2, 0) is 0 Å². The minimum Gasteiger partial charge on any atom is -0.454 e. The molecular weight excluding hydrogens is 269 g/mol. The molecule has 90 valence electrons. The molecule has 2 N–H and O–H groups in total. The van der Waals surface area contributed by atoms with E-state index in [-0.39, 0.29) is 0 Å². The van der Waals surface area contributed by atoms with Crippen molar-refractivity contribution >= 4 is 39.9 Å². The van der Waals surface area contributed by atoms with Crippen molar-refractivity contribution in [2.45, 2.75) is 0 Å². The van der Waals surface area contributed by atoms with Crippen LogP contribution in [0.4, 0.5) is 5.69 Å².